The Morgan fingerprint density at radius 1 is 1.10 bits per heavy atom. The second kappa shape index (κ2) is 8.93. The molecule has 0 spiro atoms. The summed E-state index contributed by atoms with van der Waals surface area (Å²) in [6.45, 7) is 0. The van der Waals surface area contributed by atoms with E-state index in [1.165, 1.54) is 5.41 Å². The number of hydrogen-bond acceptors (Lipinski definition) is 3. The molecule has 1 aromatic carbocycles. The number of benzene rings is 1. The summed E-state index contributed by atoms with van der Waals surface area (Å²) in [5.41, 5.74) is 0. The number of unbranched alkanes of at least 4 members (excludes halogenated alkanes) is 1. The van der Waals surface area contributed by atoms with Gasteiger partial charge in [0.2, 0.25) is 0 Å². The predicted molar refractivity (Wildman–Crippen MR) is 81.6 cm³/mol. The first kappa shape index (κ1) is 16.9. The monoisotopic (exact) mass is 314 g/mol. The smallest absolute Gasteiger partial charge is 0.199 e. The first-order valence-corrected chi connectivity index (χ1v) is 8.68. The Bertz CT molecular complexity index is 535. The fourth-order valence-electron chi connectivity index (χ4n) is 1.69. The summed E-state index contributed by atoms with van der Waals surface area (Å²) in [5.74, 6) is 0.686. The number of sulfone groups is 1. The molecule has 20 heavy (non-hydrogen) atoms. The zero-order valence-electron chi connectivity index (χ0n) is 11.3. The predicted octanol–water partition coefficient (Wildman–Crippen LogP) is 3.73. The average Bonchev–Trinajstić information content (AvgIpc) is 2.45. The molecule has 0 aliphatic rings. The molecule has 0 amide bonds. The summed E-state index contributed by atoms with van der Waals surface area (Å²) >= 11 is 5.51. The molecule has 0 saturated heterocycles. The van der Waals surface area contributed by atoms with Gasteiger partial charge in [-0.3, -0.25) is 4.79 Å². The van der Waals surface area contributed by atoms with Crippen LogP contribution in [0.5, 0.6) is 0 Å². The number of rotatable bonds is 9. The minimum Gasteiger partial charge on any atom is -0.300 e. The van der Waals surface area contributed by atoms with E-state index in [0.29, 0.717) is 38.0 Å². The van der Waals surface area contributed by atoms with Crippen molar-refractivity contribution in [1.29, 1.82) is 0 Å². The number of hydrogen-bond donors (Lipinski definition) is 0. The summed E-state index contributed by atoms with van der Waals surface area (Å²) < 4.78 is 23.8. The molecule has 0 unspecified atom stereocenters. The van der Waals surface area contributed by atoms with Gasteiger partial charge in [0.1, 0.15) is 5.78 Å². The minimum atomic E-state index is -3.36. The maximum atomic E-state index is 11.9. The van der Waals surface area contributed by atoms with Crippen LogP contribution >= 0.6 is 11.6 Å². The molecule has 0 aromatic heterocycles. The van der Waals surface area contributed by atoms with Crippen LogP contribution in [0.25, 0.3) is 0 Å². The number of carbonyl (C=O) groups is 1. The molecule has 0 aliphatic carbocycles. The second-order valence-electron chi connectivity index (χ2n) is 4.45. The van der Waals surface area contributed by atoms with Crippen molar-refractivity contribution in [2.24, 2.45) is 0 Å². The quantitative estimate of drug-likeness (QED) is 0.515. The summed E-state index contributed by atoms with van der Waals surface area (Å²) in [5, 5.41) is 1.21. The van der Waals surface area contributed by atoms with E-state index >= 15 is 0 Å². The van der Waals surface area contributed by atoms with Crippen molar-refractivity contribution in [2.75, 3.05) is 5.88 Å². The highest BCUT2D eigenvalue weighted by atomic mass is 35.5. The largest absolute Gasteiger partial charge is 0.300 e. The molecule has 0 bridgehead atoms. The Kier molecular flexibility index (Phi) is 7.55. The van der Waals surface area contributed by atoms with E-state index in [1.807, 2.05) is 0 Å². The molecule has 110 valence electrons. The molecule has 0 saturated carbocycles. The van der Waals surface area contributed by atoms with E-state index in [-0.39, 0.29) is 10.7 Å². The molecule has 1 rings (SSSR count). The summed E-state index contributed by atoms with van der Waals surface area (Å²) in [6.07, 6.45) is 4.55. The third-order valence-electron chi connectivity index (χ3n) is 2.76. The molecule has 0 N–H and O–H groups in total. The van der Waals surface area contributed by atoms with Crippen molar-refractivity contribution < 1.29 is 13.2 Å². The van der Waals surface area contributed by atoms with Crippen molar-refractivity contribution in [1.82, 2.24) is 0 Å². The van der Waals surface area contributed by atoms with E-state index < -0.39 is 9.84 Å². The van der Waals surface area contributed by atoms with Gasteiger partial charge in [-0.15, -0.1) is 11.6 Å². The third-order valence-corrected chi connectivity index (χ3v) is 4.51. The number of allylic oxidation sites excluding steroid dienone is 1. The Balaban J connectivity index is 2.36. The van der Waals surface area contributed by atoms with Crippen LogP contribution in [0.1, 0.15) is 32.1 Å². The van der Waals surface area contributed by atoms with Crippen molar-refractivity contribution in [3.63, 3.8) is 0 Å². The zero-order chi connectivity index (χ0) is 14.8. The maximum absolute atomic E-state index is 11.9. The van der Waals surface area contributed by atoms with E-state index in [4.69, 9.17) is 11.6 Å². The molecule has 3 nitrogen and oxygen atoms in total. The average molecular weight is 315 g/mol. The van der Waals surface area contributed by atoms with Gasteiger partial charge in [0.25, 0.3) is 0 Å². The van der Waals surface area contributed by atoms with Crippen LogP contribution in [0.4, 0.5) is 0 Å². The number of Topliss-reactive ketones (excluding diaryl/α,β-unsaturated/α-hetero) is 1. The number of halogens is 1. The number of carbonyl (C=O) groups excluding carboxylic acids is 1. The molecule has 5 heteroatoms. The molecular formula is C15H19ClO3S. The molecule has 0 aliphatic heterocycles. The third kappa shape index (κ3) is 6.35. The van der Waals surface area contributed by atoms with E-state index in [1.54, 1.807) is 36.4 Å². The highest BCUT2D eigenvalue weighted by Crippen LogP contribution is 2.12. The van der Waals surface area contributed by atoms with Crippen molar-refractivity contribution in [2.45, 2.75) is 37.0 Å². The van der Waals surface area contributed by atoms with Crippen LogP contribution in [-0.4, -0.2) is 20.1 Å². The summed E-state index contributed by atoms with van der Waals surface area (Å²) in [7, 11) is -3.36. The van der Waals surface area contributed by atoms with Crippen LogP contribution in [-0.2, 0) is 14.6 Å². The molecule has 0 atom stereocenters. The molecule has 0 fully saturated rings. The lowest BCUT2D eigenvalue weighted by Gasteiger charge is -1.99. The van der Waals surface area contributed by atoms with Crippen LogP contribution < -0.4 is 0 Å². The SMILES string of the molecule is O=C(CCCCl)CCC/C=C/S(=O)(=O)c1ccccc1. The first-order valence-electron chi connectivity index (χ1n) is 6.60. The van der Waals surface area contributed by atoms with Gasteiger partial charge < -0.3 is 0 Å². The molecular weight excluding hydrogens is 296 g/mol. The van der Waals surface area contributed by atoms with E-state index in [0.717, 1.165) is 0 Å². The van der Waals surface area contributed by atoms with E-state index in [9.17, 15) is 13.2 Å². The lowest BCUT2D eigenvalue weighted by Crippen LogP contribution is -1.98. The minimum absolute atomic E-state index is 0.185. The van der Waals surface area contributed by atoms with Gasteiger partial charge in [0, 0.05) is 24.1 Å². The van der Waals surface area contributed by atoms with Crippen LogP contribution in [0.2, 0.25) is 0 Å². The lowest BCUT2D eigenvalue weighted by molar-refractivity contribution is -0.119. The van der Waals surface area contributed by atoms with Gasteiger partial charge in [-0.05, 0) is 31.4 Å². The van der Waals surface area contributed by atoms with Gasteiger partial charge in [-0.25, -0.2) is 8.42 Å². The Morgan fingerprint density at radius 3 is 2.40 bits per heavy atom. The van der Waals surface area contributed by atoms with Gasteiger partial charge in [0.15, 0.2) is 9.84 Å². The van der Waals surface area contributed by atoms with E-state index in [2.05, 4.69) is 0 Å². The van der Waals surface area contributed by atoms with Gasteiger partial charge >= 0.3 is 0 Å². The topological polar surface area (TPSA) is 51.2 Å². The molecule has 0 radical (unpaired) electrons. The summed E-state index contributed by atoms with van der Waals surface area (Å²) in [6, 6.07) is 8.28. The lowest BCUT2D eigenvalue weighted by atomic mass is 10.1. The van der Waals surface area contributed by atoms with Crippen LogP contribution in [0.3, 0.4) is 0 Å². The Hall–Kier alpha value is -1.13. The highest BCUT2D eigenvalue weighted by Gasteiger charge is 2.08. The highest BCUT2D eigenvalue weighted by molar-refractivity contribution is 7.94. The van der Waals surface area contributed by atoms with Crippen molar-refractivity contribution >= 4 is 27.2 Å². The van der Waals surface area contributed by atoms with Gasteiger partial charge in [-0.1, -0.05) is 24.3 Å². The fraction of sp³-hybridized carbons (Fsp3) is 0.400. The maximum Gasteiger partial charge on any atom is 0.199 e. The Labute approximate surface area is 125 Å². The van der Waals surface area contributed by atoms with Gasteiger partial charge in [-0.2, -0.15) is 0 Å². The van der Waals surface area contributed by atoms with Crippen molar-refractivity contribution in [3.05, 3.63) is 41.8 Å². The van der Waals surface area contributed by atoms with Crippen LogP contribution in [0, 0.1) is 0 Å². The number of ketones is 1. The fourth-order valence-corrected chi connectivity index (χ4v) is 2.91. The standard InChI is InChI=1S/C15H19ClO3S/c16-12-7-9-14(17)8-3-2-6-13-20(18,19)15-10-4-1-5-11-15/h1,4-6,10-11,13H,2-3,7-9,12H2/b13-6+. The second-order valence-corrected chi connectivity index (χ2v) is 6.66. The normalized spacial score (nSPS) is 11.8. The van der Waals surface area contributed by atoms with Crippen LogP contribution in [0.15, 0.2) is 46.7 Å². The van der Waals surface area contributed by atoms with Gasteiger partial charge in [0.05, 0.1) is 4.90 Å². The molecule has 1 aromatic rings. The summed E-state index contributed by atoms with van der Waals surface area (Å²) in [4.78, 5) is 11.7. The molecule has 0 heterocycles. The number of alkyl halides is 1. The van der Waals surface area contributed by atoms with Crippen molar-refractivity contribution in [3.8, 4) is 0 Å². The first-order chi connectivity index (χ1) is 9.56. The zero-order valence-corrected chi connectivity index (χ0v) is 12.9. The Morgan fingerprint density at radius 2 is 1.75 bits per heavy atom.